The maximum Gasteiger partial charge on any atom is 0.223 e. The van der Waals surface area contributed by atoms with E-state index >= 15 is 0 Å². The standard InChI is InChI=1S/C24H32N4O3/c1-31-23-11-5-10-21(27-23)18-28-15-6-9-20(12-14-25-22(29)13-16-28)24(30)26-17-19-7-3-2-4-8-19/h2-5,7-8,10-11,20H,6,9,12-18H2,1H3,(H,25,29)(H,26,30). The van der Waals surface area contributed by atoms with E-state index < -0.39 is 0 Å². The summed E-state index contributed by atoms with van der Waals surface area (Å²) in [7, 11) is 1.60. The van der Waals surface area contributed by atoms with Gasteiger partial charge in [0, 0.05) is 44.6 Å². The van der Waals surface area contributed by atoms with Gasteiger partial charge in [0.25, 0.3) is 0 Å². The third kappa shape index (κ3) is 7.68. The Labute approximate surface area is 184 Å². The van der Waals surface area contributed by atoms with E-state index in [0.717, 1.165) is 30.6 Å². The first-order valence-corrected chi connectivity index (χ1v) is 10.9. The first-order chi connectivity index (χ1) is 15.1. The van der Waals surface area contributed by atoms with Crippen LogP contribution < -0.4 is 15.4 Å². The third-order valence-electron chi connectivity index (χ3n) is 5.55. The first-order valence-electron chi connectivity index (χ1n) is 10.9. The van der Waals surface area contributed by atoms with Gasteiger partial charge in [0.2, 0.25) is 17.7 Å². The molecule has 1 fully saturated rings. The zero-order chi connectivity index (χ0) is 21.9. The normalized spacial score (nSPS) is 18.5. The second-order valence-electron chi connectivity index (χ2n) is 7.88. The maximum atomic E-state index is 12.8. The molecule has 2 aromatic rings. The molecule has 0 aliphatic carbocycles. The summed E-state index contributed by atoms with van der Waals surface area (Å²) in [5.41, 5.74) is 1.99. The average molecular weight is 425 g/mol. The number of amides is 2. The number of aromatic nitrogens is 1. The van der Waals surface area contributed by atoms with Crippen LogP contribution in [0.15, 0.2) is 48.5 Å². The fourth-order valence-electron chi connectivity index (χ4n) is 3.79. The molecule has 1 unspecified atom stereocenters. The molecule has 0 spiro atoms. The quantitative estimate of drug-likeness (QED) is 0.745. The Kier molecular flexibility index (Phi) is 8.84. The molecule has 1 aromatic heterocycles. The molecular weight excluding hydrogens is 392 g/mol. The van der Waals surface area contributed by atoms with E-state index in [1.54, 1.807) is 7.11 Å². The van der Waals surface area contributed by atoms with Crippen LogP contribution in [0.4, 0.5) is 0 Å². The van der Waals surface area contributed by atoms with Crippen molar-refractivity contribution >= 4 is 11.8 Å². The number of hydrogen-bond donors (Lipinski definition) is 2. The molecule has 0 saturated carbocycles. The number of carbonyl (C=O) groups is 2. The minimum absolute atomic E-state index is 0.0222. The SMILES string of the molecule is COc1cccc(CN2CCCC(C(=O)NCc3ccccc3)CCNC(=O)CC2)n1. The van der Waals surface area contributed by atoms with Crippen LogP contribution >= 0.6 is 0 Å². The van der Waals surface area contributed by atoms with E-state index in [9.17, 15) is 9.59 Å². The smallest absolute Gasteiger partial charge is 0.223 e. The molecule has 1 aliphatic rings. The van der Waals surface area contributed by atoms with Crippen molar-refractivity contribution < 1.29 is 14.3 Å². The lowest BCUT2D eigenvalue weighted by molar-refractivity contribution is -0.126. The Balaban J connectivity index is 1.57. The van der Waals surface area contributed by atoms with E-state index in [0.29, 0.717) is 44.9 Å². The minimum Gasteiger partial charge on any atom is -0.481 e. The Morgan fingerprint density at radius 3 is 2.81 bits per heavy atom. The van der Waals surface area contributed by atoms with Crippen LogP contribution in [0.3, 0.4) is 0 Å². The van der Waals surface area contributed by atoms with Gasteiger partial charge in [-0.1, -0.05) is 36.4 Å². The van der Waals surface area contributed by atoms with E-state index in [4.69, 9.17) is 4.74 Å². The number of hydrogen-bond acceptors (Lipinski definition) is 5. The van der Waals surface area contributed by atoms with Crippen molar-refractivity contribution in [2.24, 2.45) is 5.92 Å². The summed E-state index contributed by atoms with van der Waals surface area (Å²) in [4.78, 5) is 31.7. The highest BCUT2D eigenvalue weighted by Crippen LogP contribution is 2.16. The molecule has 1 aromatic carbocycles. The summed E-state index contributed by atoms with van der Waals surface area (Å²) >= 11 is 0. The number of nitrogens with one attached hydrogen (secondary N) is 2. The van der Waals surface area contributed by atoms with E-state index in [1.807, 2.05) is 48.5 Å². The van der Waals surface area contributed by atoms with E-state index in [1.165, 1.54) is 0 Å². The summed E-state index contributed by atoms with van der Waals surface area (Å²) in [5, 5.41) is 6.01. The van der Waals surface area contributed by atoms with Gasteiger partial charge < -0.3 is 15.4 Å². The van der Waals surface area contributed by atoms with Gasteiger partial charge in [-0.15, -0.1) is 0 Å². The van der Waals surface area contributed by atoms with Crippen molar-refractivity contribution in [1.82, 2.24) is 20.5 Å². The van der Waals surface area contributed by atoms with Crippen LogP contribution in [0.2, 0.25) is 0 Å². The van der Waals surface area contributed by atoms with Crippen molar-refractivity contribution in [2.45, 2.75) is 38.8 Å². The zero-order valence-electron chi connectivity index (χ0n) is 18.2. The third-order valence-corrected chi connectivity index (χ3v) is 5.55. The van der Waals surface area contributed by atoms with Gasteiger partial charge in [-0.05, 0) is 37.4 Å². The lowest BCUT2D eigenvalue weighted by Gasteiger charge is -2.22. The molecule has 7 heteroatoms. The number of methoxy groups -OCH3 is 1. The molecular formula is C24H32N4O3. The molecule has 2 heterocycles. The summed E-state index contributed by atoms with van der Waals surface area (Å²) in [6, 6.07) is 15.6. The molecule has 2 N–H and O–H groups in total. The first kappa shape index (κ1) is 22.7. The molecule has 1 saturated heterocycles. The van der Waals surface area contributed by atoms with Crippen molar-refractivity contribution in [2.75, 3.05) is 26.7 Å². The van der Waals surface area contributed by atoms with Crippen LogP contribution in [0, 0.1) is 5.92 Å². The fraction of sp³-hybridized carbons (Fsp3) is 0.458. The van der Waals surface area contributed by atoms with Crippen molar-refractivity contribution in [3.8, 4) is 5.88 Å². The van der Waals surface area contributed by atoms with Gasteiger partial charge in [0.15, 0.2) is 0 Å². The van der Waals surface area contributed by atoms with Gasteiger partial charge in [0.1, 0.15) is 0 Å². The summed E-state index contributed by atoms with van der Waals surface area (Å²) < 4.78 is 5.22. The van der Waals surface area contributed by atoms with Crippen LogP contribution in [0.25, 0.3) is 0 Å². The maximum absolute atomic E-state index is 12.8. The summed E-state index contributed by atoms with van der Waals surface area (Å²) in [5.74, 6) is 0.550. The molecule has 0 radical (unpaired) electrons. The topological polar surface area (TPSA) is 83.6 Å². The second-order valence-corrected chi connectivity index (χ2v) is 7.88. The van der Waals surface area contributed by atoms with Crippen LogP contribution in [-0.2, 0) is 22.7 Å². The van der Waals surface area contributed by atoms with Gasteiger partial charge in [-0.2, -0.15) is 0 Å². The Hall–Kier alpha value is -2.93. The molecule has 0 bridgehead atoms. The highest BCUT2D eigenvalue weighted by molar-refractivity contribution is 5.79. The van der Waals surface area contributed by atoms with Gasteiger partial charge in [0.05, 0.1) is 12.8 Å². The number of ether oxygens (including phenoxy) is 1. The average Bonchev–Trinajstić information content (AvgIpc) is 2.84. The molecule has 2 amide bonds. The Bertz CT molecular complexity index is 844. The lowest BCUT2D eigenvalue weighted by Crippen LogP contribution is -2.33. The van der Waals surface area contributed by atoms with Crippen LogP contribution in [-0.4, -0.2) is 48.4 Å². The fourth-order valence-corrected chi connectivity index (χ4v) is 3.79. The highest BCUT2D eigenvalue weighted by atomic mass is 16.5. The Morgan fingerprint density at radius 2 is 2.00 bits per heavy atom. The zero-order valence-corrected chi connectivity index (χ0v) is 18.2. The van der Waals surface area contributed by atoms with Gasteiger partial charge in [-0.3, -0.25) is 14.5 Å². The monoisotopic (exact) mass is 424 g/mol. The van der Waals surface area contributed by atoms with Crippen LogP contribution in [0.1, 0.15) is 36.9 Å². The number of rotatable bonds is 6. The second kappa shape index (κ2) is 12.1. The lowest BCUT2D eigenvalue weighted by atomic mass is 9.98. The molecule has 1 atom stereocenters. The summed E-state index contributed by atoms with van der Waals surface area (Å²) in [6.07, 6.45) is 2.78. The number of pyridine rings is 1. The largest absolute Gasteiger partial charge is 0.481 e. The predicted octanol–water partition coefficient (Wildman–Crippen LogP) is 2.52. The van der Waals surface area contributed by atoms with Gasteiger partial charge in [-0.25, -0.2) is 4.98 Å². The highest BCUT2D eigenvalue weighted by Gasteiger charge is 2.20. The van der Waals surface area contributed by atoms with E-state index in [2.05, 4.69) is 20.5 Å². The van der Waals surface area contributed by atoms with Crippen molar-refractivity contribution in [3.05, 3.63) is 59.8 Å². The van der Waals surface area contributed by atoms with Crippen molar-refractivity contribution in [1.29, 1.82) is 0 Å². The molecule has 166 valence electrons. The van der Waals surface area contributed by atoms with Gasteiger partial charge >= 0.3 is 0 Å². The van der Waals surface area contributed by atoms with E-state index in [-0.39, 0.29) is 17.7 Å². The Morgan fingerprint density at radius 1 is 1.16 bits per heavy atom. The number of nitrogens with zero attached hydrogens (tertiary/aromatic N) is 2. The van der Waals surface area contributed by atoms with Crippen LogP contribution in [0.5, 0.6) is 5.88 Å². The van der Waals surface area contributed by atoms with Crippen molar-refractivity contribution in [3.63, 3.8) is 0 Å². The minimum atomic E-state index is -0.112. The molecule has 1 aliphatic heterocycles. The number of benzene rings is 1. The molecule has 31 heavy (non-hydrogen) atoms. The predicted molar refractivity (Wildman–Crippen MR) is 119 cm³/mol. The molecule has 7 nitrogen and oxygen atoms in total. The summed E-state index contributed by atoms with van der Waals surface area (Å²) in [6.45, 7) is 3.18. The molecule has 3 rings (SSSR count). The number of carbonyl (C=O) groups excluding carboxylic acids is 2.